The zero-order valence-electron chi connectivity index (χ0n) is 31.3. The molecule has 3 aromatic rings. The molecule has 0 atom stereocenters. The van der Waals surface area contributed by atoms with Gasteiger partial charge in [0.1, 0.15) is 0 Å². The summed E-state index contributed by atoms with van der Waals surface area (Å²) in [6.07, 6.45) is 7.86. The lowest BCUT2D eigenvalue weighted by Crippen LogP contribution is -2.45. The van der Waals surface area contributed by atoms with E-state index in [4.69, 9.17) is 9.97 Å². The molecule has 0 aliphatic rings. The van der Waals surface area contributed by atoms with E-state index in [0.29, 0.717) is 0 Å². The molecule has 0 spiro atoms. The molecule has 0 unspecified atom stereocenters. The van der Waals surface area contributed by atoms with Gasteiger partial charge in [0.15, 0.2) is 18.9 Å². The van der Waals surface area contributed by atoms with Crippen LogP contribution in [0.2, 0.25) is 0 Å². The van der Waals surface area contributed by atoms with Gasteiger partial charge in [-0.2, -0.15) is 0 Å². The second-order valence-electron chi connectivity index (χ2n) is 18.5. The lowest BCUT2D eigenvalue weighted by molar-refractivity contribution is -0.705. The first-order valence-electron chi connectivity index (χ1n) is 16.9. The van der Waals surface area contributed by atoms with Crippen molar-refractivity contribution in [1.29, 1.82) is 0 Å². The Morgan fingerprint density at radius 1 is 0.545 bits per heavy atom. The number of hydrogen-bond donors (Lipinski definition) is 0. The smallest absolute Gasteiger partial charge is 0.172 e. The van der Waals surface area contributed by atoms with Gasteiger partial charge in [-0.25, -0.2) is 4.57 Å². The third kappa shape index (κ3) is 8.79. The summed E-state index contributed by atoms with van der Waals surface area (Å²) in [4.78, 5) is 10.5. The maximum absolute atomic E-state index is 5.29. The van der Waals surface area contributed by atoms with Crippen molar-refractivity contribution < 1.29 is 4.57 Å². The van der Waals surface area contributed by atoms with Gasteiger partial charge in [-0.05, 0) is 67.0 Å². The minimum atomic E-state index is -0.152. The molecule has 0 aliphatic heterocycles. The molecule has 0 bridgehead atoms. The minimum absolute atomic E-state index is 0.0496. The van der Waals surface area contributed by atoms with E-state index in [1.54, 1.807) is 0 Å². The normalized spacial score (nSPS) is 13.8. The van der Waals surface area contributed by atoms with E-state index in [0.717, 1.165) is 42.9 Å². The summed E-state index contributed by atoms with van der Waals surface area (Å²) in [6, 6.07) is 13.7. The third-order valence-corrected chi connectivity index (χ3v) is 9.29. The average Bonchev–Trinajstić information content (AvgIpc) is 2.86. The molecule has 3 heteroatoms. The quantitative estimate of drug-likeness (QED) is 0.229. The predicted molar refractivity (Wildman–Crippen MR) is 189 cm³/mol. The highest BCUT2D eigenvalue weighted by atomic mass is 14.9. The molecule has 0 amide bonds. The Bertz CT molecular complexity index is 1400. The molecule has 0 aromatic carbocycles. The van der Waals surface area contributed by atoms with Gasteiger partial charge >= 0.3 is 0 Å². The van der Waals surface area contributed by atoms with Gasteiger partial charge in [0.25, 0.3) is 0 Å². The van der Waals surface area contributed by atoms with Crippen LogP contribution in [0, 0.1) is 0 Å². The summed E-state index contributed by atoms with van der Waals surface area (Å²) >= 11 is 0. The maximum Gasteiger partial charge on any atom is 0.172 e. The highest BCUT2D eigenvalue weighted by Gasteiger charge is 2.33. The van der Waals surface area contributed by atoms with Crippen molar-refractivity contribution in [2.45, 2.75) is 169 Å². The van der Waals surface area contributed by atoms with Crippen LogP contribution in [0.1, 0.15) is 163 Å². The van der Waals surface area contributed by atoms with Gasteiger partial charge in [0.2, 0.25) is 0 Å². The topological polar surface area (TPSA) is 29.7 Å². The summed E-state index contributed by atoms with van der Waals surface area (Å²) in [5.41, 5.74) is 8.68. The summed E-state index contributed by atoms with van der Waals surface area (Å²) in [7, 11) is 0. The second-order valence-corrected chi connectivity index (χ2v) is 18.5. The molecule has 0 N–H and O–H groups in total. The van der Waals surface area contributed by atoms with Crippen molar-refractivity contribution in [2.75, 3.05) is 0 Å². The Hall–Kier alpha value is -2.55. The first-order chi connectivity index (χ1) is 19.8. The van der Waals surface area contributed by atoms with Crippen LogP contribution in [-0.2, 0) is 45.5 Å². The Balaban J connectivity index is 2.07. The molecule has 3 nitrogen and oxygen atoms in total. The molecule has 0 saturated carbocycles. The van der Waals surface area contributed by atoms with Crippen molar-refractivity contribution >= 4 is 0 Å². The SMILES string of the molecule is CCCC(C)(C)c1cccc(C(C)(C)Cc2cc(C(C)(C)C[n+]3cc(C(C)(C)C)cc(C(C)(C)C)c3)cc(C(C)(C)C)n2)n1. The van der Waals surface area contributed by atoms with E-state index in [1.807, 2.05) is 0 Å². The van der Waals surface area contributed by atoms with Crippen LogP contribution < -0.4 is 4.57 Å². The van der Waals surface area contributed by atoms with Crippen molar-refractivity contribution in [1.82, 2.24) is 9.97 Å². The van der Waals surface area contributed by atoms with Gasteiger partial charge in [-0.3, -0.25) is 9.97 Å². The molecule has 0 saturated heterocycles. The van der Waals surface area contributed by atoms with Crippen LogP contribution in [0.4, 0.5) is 0 Å². The minimum Gasteiger partial charge on any atom is -0.257 e. The number of aromatic nitrogens is 3. The Morgan fingerprint density at radius 3 is 1.55 bits per heavy atom. The third-order valence-electron chi connectivity index (χ3n) is 9.29. The fourth-order valence-electron chi connectivity index (χ4n) is 6.03. The van der Waals surface area contributed by atoms with E-state index >= 15 is 0 Å². The second kappa shape index (κ2) is 12.3. The van der Waals surface area contributed by atoms with Gasteiger partial charge < -0.3 is 0 Å². The van der Waals surface area contributed by atoms with Crippen molar-refractivity contribution in [2.24, 2.45) is 0 Å². The van der Waals surface area contributed by atoms with Crippen molar-refractivity contribution in [3.8, 4) is 0 Å². The van der Waals surface area contributed by atoms with Gasteiger partial charge in [0, 0.05) is 62.0 Å². The average molecular weight is 599 g/mol. The number of rotatable bonds is 9. The molecule has 0 fully saturated rings. The van der Waals surface area contributed by atoms with E-state index < -0.39 is 0 Å². The lowest BCUT2D eigenvalue weighted by atomic mass is 9.78. The van der Waals surface area contributed by atoms with Gasteiger partial charge in [-0.1, -0.05) is 109 Å². The lowest BCUT2D eigenvalue weighted by Gasteiger charge is -2.30. The van der Waals surface area contributed by atoms with E-state index in [9.17, 15) is 0 Å². The molecular weight excluding hydrogens is 534 g/mol. The Morgan fingerprint density at radius 2 is 1.07 bits per heavy atom. The van der Waals surface area contributed by atoms with E-state index in [1.165, 1.54) is 22.4 Å². The van der Waals surface area contributed by atoms with Crippen LogP contribution in [0.25, 0.3) is 0 Å². The van der Waals surface area contributed by atoms with E-state index in [2.05, 4.69) is 164 Å². The molecule has 242 valence electrons. The molecule has 3 rings (SSSR count). The summed E-state index contributed by atoms with van der Waals surface area (Å²) < 4.78 is 2.44. The largest absolute Gasteiger partial charge is 0.257 e. The summed E-state index contributed by atoms with van der Waals surface area (Å²) in [6.45, 7) is 37.9. The highest BCUT2D eigenvalue weighted by molar-refractivity contribution is 5.33. The van der Waals surface area contributed by atoms with Crippen molar-refractivity contribution in [3.63, 3.8) is 0 Å². The molecule has 0 aliphatic carbocycles. The predicted octanol–water partition coefficient (Wildman–Crippen LogP) is 10.2. The number of nitrogens with zero attached hydrogens (tertiary/aromatic N) is 3. The zero-order valence-corrected chi connectivity index (χ0v) is 31.3. The summed E-state index contributed by atoms with van der Waals surface area (Å²) in [5, 5.41) is 0. The fourth-order valence-corrected chi connectivity index (χ4v) is 6.03. The highest BCUT2D eigenvalue weighted by Crippen LogP contribution is 2.35. The first kappa shape index (κ1) is 35.9. The Kier molecular flexibility index (Phi) is 10.1. The molecular formula is C41H64N3+. The van der Waals surface area contributed by atoms with E-state index in [-0.39, 0.29) is 32.5 Å². The van der Waals surface area contributed by atoms with Crippen LogP contribution >= 0.6 is 0 Å². The molecule has 3 heterocycles. The van der Waals surface area contributed by atoms with Crippen LogP contribution in [-0.4, -0.2) is 9.97 Å². The maximum atomic E-state index is 5.29. The van der Waals surface area contributed by atoms with Crippen LogP contribution in [0.15, 0.2) is 48.8 Å². The van der Waals surface area contributed by atoms with Crippen LogP contribution in [0.5, 0.6) is 0 Å². The molecule has 3 aromatic heterocycles. The molecule has 0 radical (unpaired) electrons. The fraction of sp³-hybridized carbons (Fsp3) is 0.634. The summed E-state index contributed by atoms with van der Waals surface area (Å²) in [5.74, 6) is 0. The van der Waals surface area contributed by atoms with Gasteiger partial charge in [0.05, 0.1) is 0 Å². The number of hydrogen-bond acceptors (Lipinski definition) is 2. The zero-order chi connectivity index (χ0) is 33.5. The Labute approximate surface area is 271 Å². The standard InChI is InChI=1S/C41H64N3/c1-17-21-39(11,12)33-19-18-20-34(43-33)40(13,14)25-32-23-29(24-35(42-32)38(8,9)10)41(15,16)28-44-26-30(36(2,3)4)22-31(27-44)37(5,6)7/h18-20,22-24,26-27H,17,21,25,28H2,1-16H3/q+1. The monoisotopic (exact) mass is 599 g/mol. The molecule has 44 heavy (non-hydrogen) atoms. The first-order valence-corrected chi connectivity index (χ1v) is 16.9. The van der Waals surface area contributed by atoms with Crippen molar-refractivity contribution in [3.05, 3.63) is 88.3 Å². The van der Waals surface area contributed by atoms with Gasteiger partial charge in [-0.15, -0.1) is 0 Å². The number of pyridine rings is 3. The van der Waals surface area contributed by atoms with Crippen LogP contribution in [0.3, 0.4) is 0 Å².